The van der Waals surface area contributed by atoms with Crippen LogP contribution in [0.2, 0.25) is 5.02 Å². The van der Waals surface area contributed by atoms with E-state index in [0.717, 1.165) is 4.57 Å². The average Bonchev–Trinajstić information content (AvgIpc) is 2.92. The van der Waals surface area contributed by atoms with Gasteiger partial charge in [-0.3, -0.25) is 4.79 Å². The van der Waals surface area contributed by atoms with E-state index in [1.54, 1.807) is 31.2 Å². The van der Waals surface area contributed by atoms with Crippen LogP contribution in [0.3, 0.4) is 0 Å². The zero-order valence-corrected chi connectivity index (χ0v) is 14.0. The summed E-state index contributed by atoms with van der Waals surface area (Å²) in [6.07, 6.45) is -4.20. The van der Waals surface area contributed by atoms with E-state index < -0.39 is 12.0 Å². The molecule has 0 aliphatic carbocycles. The van der Waals surface area contributed by atoms with Crippen molar-refractivity contribution < 1.29 is 18.0 Å². The molecule has 0 N–H and O–H groups in total. The Morgan fingerprint density at radius 3 is 2.44 bits per heavy atom. The molecule has 7 heteroatoms. The molecule has 0 fully saturated rings. The highest BCUT2D eigenvalue weighted by molar-refractivity contribution is 6.31. The lowest BCUT2D eigenvalue weighted by molar-refractivity contribution is -0.146. The molecule has 0 saturated carbocycles. The number of hydrogen-bond donors (Lipinski definition) is 0. The molecule has 0 bridgehead atoms. The van der Waals surface area contributed by atoms with Gasteiger partial charge in [0.1, 0.15) is 0 Å². The number of Topliss-reactive ketones (excluding diaryl/α,β-unsaturated/α-hetero) is 1. The number of halogens is 4. The van der Waals surface area contributed by atoms with Crippen LogP contribution >= 0.6 is 11.6 Å². The Hall–Kier alpha value is -2.34. The van der Waals surface area contributed by atoms with Gasteiger partial charge in [-0.15, -0.1) is 0 Å². The Kier molecular flexibility index (Phi) is 4.56. The van der Waals surface area contributed by atoms with Gasteiger partial charge in [0, 0.05) is 23.6 Å². The monoisotopic (exact) mass is 366 g/mol. The normalized spacial score (nSPS) is 11.9. The predicted octanol–water partition coefficient (Wildman–Crippen LogP) is 5.35. The van der Waals surface area contributed by atoms with Gasteiger partial charge in [-0.25, -0.2) is 4.98 Å². The number of ketones is 1. The van der Waals surface area contributed by atoms with Crippen LogP contribution in [0, 0.1) is 0 Å². The van der Waals surface area contributed by atoms with Crippen LogP contribution in [0.15, 0.2) is 42.5 Å². The third-order valence-electron chi connectivity index (χ3n) is 3.90. The fourth-order valence-corrected chi connectivity index (χ4v) is 2.83. The van der Waals surface area contributed by atoms with Crippen LogP contribution < -0.4 is 0 Å². The molecule has 0 aliphatic rings. The summed E-state index contributed by atoms with van der Waals surface area (Å²) in [5, 5.41) is 0.327. The van der Waals surface area contributed by atoms with Crippen LogP contribution in [0.25, 0.3) is 11.0 Å². The second-order valence-electron chi connectivity index (χ2n) is 5.63. The molecular formula is C18H14ClF3N2O. The molecule has 3 aromatic rings. The van der Waals surface area contributed by atoms with Crippen LogP contribution in [0.1, 0.15) is 35.1 Å². The summed E-state index contributed by atoms with van der Waals surface area (Å²) in [7, 11) is 0. The zero-order valence-electron chi connectivity index (χ0n) is 13.3. The van der Waals surface area contributed by atoms with Crippen molar-refractivity contribution >= 4 is 28.4 Å². The molecule has 0 aliphatic heterocycles. The van der Waals surface area contributed by atoms with Crippen LogP contribution in [-0.2, 0) is 12.7 Å². The summed E-state index contributed by atoms with van der Waals surface area (Å²) in [6.45, 7) is 1.75. The molecule has 0 atom stereocenters. The number of carbonyl (C=O) groups is 1. The largest absolute Gasteiger partial charge is 0.449 e. The summed E-state index contributed by atoms with van der Waals surface area (Å²) >= 11 is 5.85. The number of alkyl halides is 3. The molecule has 0 amide bonds. The van der Waals surface area contributed by atoms with E-state index in [1.807, 2.05) is 0 Å². The van der Waals surface area contributed by atoms with Gasteiger partial charge in [0.05, 0.1) is 11.0 Å². The first-order valence-corrected chi connectivity index (χ1v) is 8.02. The summed E-state index contributed by atoms with van der Waals surface area (Å²) in [4.78, 5) is 15.4. The van der Waals surface area contributed by atoms with Crippen LogP contribution in [0.4, 0.5) is 13.2 Å². The summed E-state index contributed by atoms with van der Waals surface area (Å²) < 4.78 is 41.1. The third-order valence-corrected chi connectivity index (χ3v) is 4.14. The molecule has 1 heterocycles. The van der Waals surface area contributed by atoms with Gasteiger partial charge in [0.25, 0.3) is 0 Å². The predicted molar refractivity (Wildman–Crippen MR) is 89.9 cm³/mol. The minimum Gasteiger partial charge on any atom is -0.316 e. The number of aromatic nitrogens is 2. The Morgan fingerprint density at radius 1 is 1.16 bits per heavy atom. The lowest BCUT2D eigenvalue weighted by atomic mass is 10.1. The molecule has 0 spiro atoms. The first kappa shape index (κ1) is 17.5. The smallest absolute Gasteiger partial charge is 0.316 e. The van der Waals surface area contributed by atoms with Crippen molar-refractivity contribution in [2.24, 2.45) is 0 Å². The Balaban J connectivity index is 2.04. The second kappa shape index (κ2) is 6.52. The van der Waals surface area contributed by atoms with Gasteiger partial charge < -0.3 is 4.57 Å². The highest BCUT2D eigenvalue weighted by Crippen LogP contribution is 2.32. The van der Waals surface area contributed by atoms with Gasteiger partial charge in [0.2, 0.25) is 5.82 Å². The van der Waals surface area contributed by atoms with Crippen molar-refractivity contribution in [3.63, 3.8) is 0 Å². The van der Waals surface area contributed by atoms with Crippen LogP contribution in [-0.4, -0.2) is 15.3 Å². The number of carbonyl (C=O) groups excluding carboxylic acids is 1. The average molecular weight is 367 g/mol. The highest BCUT2D eigenvalue weighted by Gasteiger charge is 2.37. The Morgan fingerprint density at radius 2 is 1.84 bits per heavy atom. The Labute approximate surface area is 147 Å². The standard InChI is InChI=1S/C18H14ClF3N2O/c1-2-16(25)12-5-3-11(4-6-12)10-24-15-8-7-13(19)9-14(15)23-17(24)18(20,21)22/h3-9H,2,10H2,1H3. The number of fused-ring (bicyclic) bond motifs is 1. The molecule has 25 heavy (non-hydrogen) atoms. The van der Waals surface area contributed by atoms with E-state index in [-0.39, 0.29) is 17.8 Å². The van der Waals surface area contributed by atoms with Crippen LogP contribution in [0.5, 0.6) is 0 Å². The van der Waals surface area contributed by atoms with Gasteiger partial charge in [-0.05, 0) is 23.8 Å². The van der Waals surface area contributed by atoms with Gasteiger partial charge in [0.15, 0.2) is 5.78 Å². The van der Waals surface area contributed by atoms with E-state index in [9.17, 15) is 18.0 Å². The van der Waals surface area contributed by atoms with Crippen molar-refractivity contribution in [1.29, 1.82) is 0 Å². The number of nitrogens with zero attached hydrogens (tertiary/aromatic N) is 2. The van der Waals surface area contributed by atoms with E-state index in [4.69, 9.17) is 11.6 Å². The van der Waals surface area contributed by atoms with Gasteiger partial charge in [-0.2, -0.15) is 13.2 Å². The molecule has 0 unspecified atom stereocenters. The minimum absolute atomic E-state index is 0.00638. The first-order chi connectivity index (χ1) is 11.8. The van der Waals surface area contributed by atoms with E-state index in [2.05, 4.69) is 4.98 Å². The number of imidazole rings is 1. The summed E-state index contributed by atoms with van der Waals surface area (Å²) in [5.74, 6) is -0.983. The van der Waals surface area contributed by atoms with Crippen molar-refractivity contribution in [2.45, 2.75) is 26.1 Å². The van der Waals surface area contributed by atoms with Crippen molar-refractivity contribution in [3.8, 4) is 0 Å². The second-order valence-corrected chi connectivity index (χ2v) is 6.06. The number of benzene rings is 2. The van der Waals surface area contributed by atoms with E-state index in [0.29, 0.717) is 28.1 Å². The van der Waals surface area contributed by atoms with Gasteiger partial charge >= 0.3 is 6.18 Å². The molecule has 130 valence electrons. The highest BCUT2D eigenvalue weighted by atomic mass is 35.5. The molecule has 0 radical (unpaired) electrons. The molecule has 1 aromatic heterocycles. The quantitative estimate of drug-likeness (QED) is 0.583. The van der Waals surface area contributed by atoms with E-state index >= 15 is 0 Å². The minimum atomic E-state index is -4.58. The SMILES string of the molecule is CCC(=O)c1ccc(Cn2c(C(F)(F)F)nc3cc(Cl)ccc32)cc1. The molecule has 3 rings (SSSR count). The molecule has 0 saturated heterocycles. The van der Waals surface area contributed by atoms with Crippen molar-refractivity contribution in [1.82, 2.24) is 9.55 Å². The lowest BCUT2D eigenvalue weighted by Crippen LogP contribution is -2.15. The summed E-state index contributed by atoms with van der Waals surface area (Å²) in [6, 6.07) is 11.0. The number of rotatable bonds is 4. The first-order valence-electron chi connectivity index (χ1n) is 7.64. The molecule has 2 aromatic carbocycles. The van der Waals surface area contributed by atoms with Crippen molar-refractivity contribution in [3.05, 3.63) is 64.4 Å². The number of hydrogen-bond acceptors (Lipinski definition) is 2. The van der Waals surface area contributed by atoms with Gasteiger partial charge in [-0.1, -0.05) is 42.8 Å². The van der Waals surface area contributed by atoms with Crippen molar-refractivity contribution in [2.75, 3.05) is 0 Å². The third kappa shape index (κ3) is 3.54. The zero-order chi connectivity index (χ0) is 18.2. The maximum atomic E-state index is 13.3. The topological polar surface area (TPSA) is 34.9 Å². The van der Waals surface area contributed by atoms with E-state index in [1.165, 1.54) is 18.2 Å². The molecular weight excluding hydrogens is 353 g/mol. The fourth-order valence-electron chi connectivity index (χ4n) is 2.66. The lowest BCUT2D eigenvalue weighted by Gasteiger charge is -2.12. The fraction of sp³-hybridized carbons (Fsp3) is 0.222. The maximum Gasteiger partial charge on any atom is 0.449 e. The maximum absolute atomic E-state index is 13.3. The summed E-state index contributed by atoms with van der Waals surface area (Å²) in [5.41, 5.74) is 1.74. The Bertz CT molecular complexity index is 930. The molecule has 3 nitrogen and oxygen atoms in total.